The Morgan fingerprint density at radius 1 is 0.476 bits per heavy atom. The van der Waals surface area contributed by atoms with Gasteiger partial charge in [0.05, 0.1) is 0 Å². The van der Waals surface area contributed by atoms with E-state index in [0.717, 1.165) is 0 Å². The number of hydrogen-bond acceptors (Lipinski definition) is 0. The lowest BCUT2D eigenvalue weighted by atomic mass is 10.2. The number of hydrogen-bond donors (Lipinski definition) is 0. The topological polar surface area (TPSA) is 0 Å². The highest BCUT2D eigenvalue weighted by Gasteiger charge is 2.48. The van der Waals surface area contributed by atoms with Gasteiger partial charge in [0, 0.05) is 0 Å². The van der Waals surface area contributed by atoms with Crippen molar-refractivity contribution in [1.82, 2.24) is 0 Å². The van der Waals surface area contributed by atoms with E-state index < -0.39 is 0 Å². The summed E-state index contributed by atoms with van der Waals surface area (Å²) in [6.45, 7) is 32.4. The summed E-state index contributed by atoms with van der Waals surface area (Å²) in [5.74, 6) is 0. The Bertz CT molecular complexity index is 260. The molecule has 0 aromatic rings. The summed E-state index contributed by atoms with van der Waals surface area (Å²) < 4.78 is 0. The summed E-state index contributed by atoms with van der Waals surface area (Å²) in [5.41, 5.74) is 0. The van der Waals surface area contributed by atoms with Gasteiger partial charge in [-0.05, 0) is 26.8 Å². The lowest BCUT2D eigenvalue weighted by molar-refractivity contribution is 0.715. The SMILES string of the molecule is CCP(P(C(C)(C)C)C(C)(C)C)P(C(C)(C)C)C(C)(C)C. The summed E-state index contributed by atoms with van der Waals surface area (Å²) in [5, 5.41) is 1.80. The van der Waals surface area contributed by atoms with Gasteiger partial charge < -0.3 is 0 Å². The molecule has 0 amide bonds. The smallest absolute Gasteiger partial charge is 0.0133 e. The lowest BCUT2D eigenvalue weighted by Crippen LogP contribution is -2.28. The molecule has 0 rings (SSSR count). The fourth-order valence-corrected chi connectivity index (χ4v) is 33.1. The van der Waals surface area contributed by atoms with Crippen molar-refractivity contribution in [2.24, 2.45) is 0 Å². The van der Waals surface area contributed by atoms with E-state index in [1.165, 1.54) is 6.16 Å². The van der Waals surface area contributed by atoms with Crippen LogP contribution in [0.2, 0.25) is 0 Å². The van der Waals surface area contributed by atoms with Crippen LogP contribution in [-0.2, 0) is 0 Å². The quantitative estimate of drug-likeness (QED) is 0.448. The molecule has 0 fully saturated rings. The third kappa shape index (κ3) is 6.36. The van der Waals surface area contributed by atoms with Crippen LogP contribution in [0.15, 0.2) is 0 Å². The molecule has 0 aromatic carbocycles. The van der Waals surface area contributed by atoms with Gasteiger partial charge in [0.1, 0.15) is 0 Å². The van der Waals surface area contributed by atoms with E-state index in [0.29, 0.717) is 20.6 Å². The van der Waals surface area contributed by atoms with E-state index in [4.69, 9.17) is 0 Å². The van der Waals surface area contributed by atoms with Crippen molar-refractivity contribution in [3.63, 3.8) is 0 Å². The summed E-state index contributed by atoms with van der Waals surface area (Å²) in [4.78, 5) is 0. The van der Waals surface area contributed by atoms with E-state index in [2.05, 4.69) is 90.0 Å². The molecule has 0 spiro atoms. The lowest BCUT2D eigenvalue weighted by Gasteiger charge is -2.55. The predicted molar refractivity (Wildman–Crippen MR) is 110 cm³/mol. The van der Waals surface area contributed by atoms with Gasteiger partial charge in [-0.15, -0.1) is 0 Å². The molecule has 0 heterocycles. The second kappa shape index (κ2) is 7.04. The van der Waals surface area contributed by atoms with Crippen LogP contribution < -0.4 is 0 Å². The maximum Gasteiger partial charge on any atom is -0.0133 e. The fraction of sp³-hybridized carbons (Fsp3) is 1.00. The molecule has 128 valence electrons. The molecule has 0 unspecified atom stereocenters. The summed E-state index contributed by atoms with van der Waals surface area (Å²) >= 11 is 0. The average molecular weight is 350 g/mol. The van der Waals surface area contributed by atoms with Crippen LogP contribution in [0.3, 0.4) is 0 Å². The van der Waals surface area contributed by atoms with Crippen LogP contribution in [0.25, 0.3) is 0 Å². The average Bonchev–Trinajstić information content (AvgIpc) is 2.06. The standard InChI is InChI=1S/C18H41P3/c1-14-19(20(15(2,3)4)16(5,6)7)21(17(8,9)10)18(11,12)13/h14H2,1-13H3. The Kier molecular flexibility index (Phi) is 7.47. The summed E-state index contributed by atoms with van der Waals surface area (Å²) in [6, 6.07) is 0. The molecule has 0 atom stereocenters. The van der Waals surface area contributed by atoms with Crippen LogP contribution >= 0.6 is 22.5 Å². The molecule has 0 aromatic heterocycles. The molecule has 21 heavy (non-hydrogen) atoms. The summed E-state index contributed by atoms with van der Waals surface area (Å²) in [6.07, 6.45) is 1.40. The van der Waals surface area contributed by atoms with E-state index in [9.17, 15) is 0 Å². The van der Waals surface area contributed by atoms with Crippen molar-refractivity contribution in [3.05, 3.63) is 0 Å². The molecule has 0 aliphatic rings. The van der Waals surface area contributed by atoms with E-state index >= 15 is 0 Å². The largest absolute Gasteiger partial charge is 0.0654 e. The first-order valence-electron chi connectivity index (χ1n) is 8.32. The number of rotatable bonds is 3. The molecule has 0 radical (unpaired) electrons. The maximum absolute atomic E-state index is 2.49. The van der Waals surface area contributed by atoms with Crippen LogP contribution in [0, 0.1) is 0 Å². The molecule has 0 saturated carbocycles. The fourth-order valence-electron chi connectivity index (χ4n) is 3.77. The van der Waals surface area contributed by atoms with Crippen molar-refractivity contribution in [2.45, 2.75) is 111 Å². The Labute approximate surface area is 139 Å². The third-order valence-corrected chi connectivity index (χ3v) is 24.7. The molecule has 0 nitrogen and oxygen atoms in total. The van der Waals surface area contributed by atoms with Gasteiger partial charge >= 0.3 is 0 Å². The van der Waals surface area contributed by atoms with Crippen LogP contribution in [0.4, 0.5) is 0 Å². The zero-order valence-electron chi connectivity index (χ0n) is 17.0. The molecule has 0 saturated heterocycles. The first kappa shape index (κ1) is 22.3. The van der Waals surface area contributed by atoms with Crippen LogP contribution in [-0.4, -0.2) is 26.8 Å². The Morgan fingerprint density at radius 3 is 0.762 bits per heavy atom. The second-order valence-corrected chi connectivity index (χ2v) is 24.2. The molecule has 0 aliphatic carbocycles. The normalized spacial score (nSPS) is 15.4. The zero-order chi connectivity index (χ0) is 17.4. The molecule has 3 heteroatoms. The molecule has 0 aliphatic heterocycles. The van der Waals surface area contributed by atoms with E-state index in [1.54, 1.807) is 0 Å². The highest BCUT2D eigenvalue weighted by molar-refractivity contribution is 8.61. The highest BCUT2D eigenvalue weighted by atomic mass is 32.5. The Hall–Kier alpha value is 1.29. The van der Waals surface area contributed by atoms with Gasteiger partial charge in [0.25, 0.3) is 0 Å². The van der Waals surface area contributed by atoms with Gasteiger partial charge in [0.2, 0.25) is 0 Å². The second-order valence-electron chi connectivity index (χ2n) is 10.00. The maximum atomic E-state index is 2.49. The monoisotopic (exact) mass is 350 g/mol. The third-order valence-electron chi connectivity index (χ3n) is 3.29. The first-order valence-corrected chi connectivity index (χ1v) is 13.9. The highest BCUT2D eigenvalue weighted by Crippen LogP contribution is 2.97. The minimum atomic E-state index is 0.0194. The Morgan fingerprint density at radius 2 is 0.667 bits per heavy atom. The van der Waals surface area contributed by atoms with Gasteiger partial charge in [-0.3, -0.25) is 0 Å². The van der Waals surface area contributed by atoms with Crippen molar-refractivity contribution in [3.8, 4) is 0 Å². The van der Waals surface area contributed by atoms with Crippen molar-refractivity contribution >= 4 is 22.5 Å². The van der Waals surface area contributed by atoms with Gasteiger partial charge in [-0.25, -0.2) is 0 Å². The minimum absolute atomic E-state index is 0.0194. The minimum Gasteiger partial charge on any atom is -0.0654 e. The predicted octanol–water partition coefficient (Wildman–Crippen LogP) is 8.48. The molecular weight excluding hydrogens is 309 g/mol. The van der Waals surface area contributed by atoms with Gasteiger partial charge in [-0.2, -0.15) is 0 Å². The van der Waals surface area contributed by atoms with Gasteiger partial charge in [0.15, 0.2) is 0 Å². The van der Waals surface area contributed by atoms with E-state index in [-0.39, 0.29) is 22.5 Å². The van der Waals surface area contributed by atoms with Crippen molar-refractivity contribution < 1.29 is 0 Å². The van der Waals surface area contributed by atoms with E-state index in [1.807, 2.05) is 0 Å². The summed E-state index contributed by atoms with van der Waals surface area (Å²) in [7, 11) is 0.131. The van der Waals surface area contributed by atoms with Gasteiger partial charge in [-0.1, -0.05) is 113 Å². The Balaban J connectivity index is 6.04. The van der Waals surface area contributed by atoms with Crippen molar-refractivity contribution in [1.29, 1.82) is 0 Å². The van der Waals surface area contributed by atoms with Crippen molar-refractivity contribution in [2.75, 3.05) is 6.16 Å². The van der Waals surface area contributed by atoms with Crippen LogP contribution in [0.5, 0.6) is 0 Å². The molecule has 0 N–H and O–H groups in total. The van der Waals surface area contributed by atoms with Crippen LogP contribution in [0.1, 0.15) is 90.0 Å². The first-order chi connectivity index (χ1) is 8.94. The molecule has 0 bridgehead atoms. The molecular formula is C18H41P3. The zero-order valence-corrected chi connectivity index (χ0v) is 19.7.